The van der Waals surface area contributed by atoms with Gasteiger partial charge in [0.15, 0.2) is 5.82 Å². The van der Waals surface area contributed by atoms with Crippen LogP contribution in [0, 0.1) is 5.92 Å². The Morgan fingerprint density at radius 1 is 1.38 bits per heavy atom. The third-order valence-corrected chi connectivity index (χ3v) is 4.20. The second kappa shape index (κ2) is 5.38. The summed E-state index contributed by atoms with van der Waals surface area (Å²) in [6.07, 6.45) is 3.72. The fraction of sp³-hybridized carbons (Fsp3) is 0.643. The summed E-state index contributed by atoms with van der Waals surface area (Å²) in [5, 5.41) is 16.1. The molecule has 1 unspecified atom stereocenters. The molecule has 2 aliphatic rings. The number of nitrogens with zero attached hydrogens (tertiary/aromatic N) is 3. The van der Waals surface area contributed by atoms with Crippen molar-refractivity contribution in [1.82, 2.24) is 14.7 Å². The Balaban J connectivity index is 1.63. The number of piperidine rings is 1. The van der Waals surface area contributed by atoms with Crippen LogP contribution in [0.5, 0.6) is 0 Å². The number of anilines is 1. The number of urea groups is 1. The molecule has 2 heterocycles. The van der Waals surface area contributed by atoms with Crippen molar-refractivity contribution >= 4 is 17.8 Å². The van der Waals surface area contributed by atoms with Crippen molar-refractivity contribution < 1.29 is 14.7 Å². The number of carbonyl (C=O) groups is 2. The minimum absolute atomic E-state index is 0.263. The van der Waals surface area contributed by atoms with E-state index >= 15 is 0 Å². The van der Waals surface area contributed by atoms with Gasteiger partial charge in [-0.05, 0) is 25.7 Å². The van der Waals surface area contributed by atoms with Gasteiger partial charge in [-0.3, -0.25) is 14.8 Å². The Kier molecular flexibility index (Phi) is 3.57. The van der Waals surface area contributed by atoms with Crippen molar-refractivity contribution in [3.63, 3.8) is 0 Å². The minimum Gasteiger partial charge on any atom is -0.481 e. The Morgan fingerprint density at radius 3 is 2.81 bits per heavy atom. The topological polar surface area (TPSA) is 87.5 Å². The highest BCUT2D eigenvalue weighted by Gasteiger charge is 2.30. The molecular formula is C14H20N4O3. The molecule has 1 aromatic heterocycles. The third kappa shape index (κ3) is 3.01. The van der Waals surface area contributed by atoms with Gasteiger partial charge in [-0.2, -0.15) is 5.10 Å². The van der Waals surface area contributed by atoms with Crippen molar-refractivity contribution in [3.05, 3.63) is 11.8 Å². The largest absolute Gasteiger partial charge is 0.481 e. The van der Waals surface area contributed by atoms with E-state index in [1.165, 1.54) is 12.8 Å². The van der Waals surface area contributed by atoms with Crippen molar-refractivity contribution in [2.75, 3.05) is 18.4 Å². The maximum absolute atomic E-state index is 12.2. The number of nitrogens with one attached hydrogen (secondary N) is 1. The van der Waals surface area contributed by atoms with E-state index in [-0.39, 0.29) is 12.6 Å². The lowest BCUT2D eigenvalue weighted by Crippen LogP contribution is -2.44. The fourth-order valence-corrected chi connectivity index (χ4v) is 2.86. The first-order chi connectivity index (χ1) is 10.0. The molecule has 2 amide bonds. The molecule has 1 saturated heterocycles. The summed E-state index contributed by atoms with van der Waals surface area (Å²) < 4.78 is 1.81. The first kappa shape index (κ1) is 13.9. The number of carbonyl (C=O) groups excluding carboxylic acids is 1. The summed E-state index contributed by atoms with van der Waals surface area (Å²) in [5.74, 6) is -0.182. The molecule has 7 nitrogen and oxygen atoms in total. The monoisotopic (exact) mass is 292 g/mol. The maximum atomic E-state index is 12.2. The number of carboxylic acids is 1. The molecule has 0 aromatic carbocycles. The SMILES string of the molecule is Cn1nc(NC(=O)N2CCCC(C(=O)O)C2)cc1C1CC1. The van der Waals surface area contributed by atoms with E-state index in [1.54, 1.807) is 4.90 Å². The van der Waals surface area contributed by atoms with Crippen LogP contribution in [-0.2, 0) is 11.8 Å². The number of carboxylic acid groups (broad SMARTS) is 1. The number of hydrogen-bond acceptors (Lipinski definition) is 3. The highest BCUT2D eigenvalue weighted by molar-refractivity contribution is 5.88. The fourth-order valence-electron chi connectivity index (χ4n) is 2.86. The van der Waals surface area contributed by atoms with Crippen LogP contribution in [0.15, 0.2) is 6.07 Å². The van der Waals surface area contributed by atoms with Crippen molar-refractivity contribution in [3.8, 4) is 0 Å². The Labute approximate surface area is 122 Å². The number of aryl methyl sites for hydroxylation is 1. The van der Waals surface area contributed by atoms with Gasteiger partial charge in [-0.25, -0.2) is 4.79 Å². The van der Waals surface area contributed by atoms with Gasteiger partial charge in [0.25, 0.3) is 0 Å². The molecule has 1 aromatic rings. The van der Waals surface area contributed by atoms with Gasteiger partial charge in [-0.15, -0.1) is 0 Å². The number of aromatic nitrogens is 2. The first-order valence-electron chi connectivity index (χ1n) is 7.37. The molecule has 1 saturated carbocycles. The molecule has 1 aliphatic heterocycles. The second-order valence-electron chi connectivity index (χ2n) is 5.91. The zero-order valence-electron chi connectivity index (χ0n) is 12.1. The summed E-state index contributed by atoms with van der Waals surface area (Å²) >= 11 is 0. The van der Waals surface area contributed by atoms with Crippen LogP contribution in [0.4, 0.5) is 10.6 Å². The molecule has 0 radical (unpaired) electrons. The molecule has 2 fully saturated rings. The second-order valence-corrected chi connectivity index (χ2v) is 5.91. The predicted molar refractivity (Wildman–Crippen MR) is 76.1 cm³/mol. The van der Waals surface area contributed by atoms with Crippen LogP contribution in [0.3, 0.4) is 0 Å². The van der Waals surface area contributed by atoms with E-state index in [4.69, 9.17) is 5.11 Å². The molecule has 7 heteroatoms. The molecule has 2 N–H and O–H groups in total. The van der Waals surface area contributed by atoms with Gasteiger partial charge in [0.05, 0.1) is 5.92 Å². The van der Waals surface area contributed by atoms with Crippen molar-refractivity contribution in [1.29, 1.82) is 0 Å². The van der Waals surface area contributed by atoms with Crippen LogP contribution in [0.25, 0.3) is 0 Å². The summed E-state index contributed by atoms with van der Waals surface area (Å²) in [5.41, 5.74) is 1.15. The highest BCUT2D eigenvalue weighted by Crippen LogP contribution is 2.40. The highest BCUT2D eigenvalue weighted by atomic mass is 16.4. The van der Waals surface area contributed by atoms with E-state index in [9.17, 15) is 9.59 Å². The normalized spacial score (nSPS) is 22.1. The smallest absolute Gasteiger partial charge is 0.323 e. The zero-order chi connectivity index (χ0) is 15.0. The standard InChI is InChI=1S/C14H20N4O3/c1-17-11(9-4-5-9)7-12(16-17)15-14(21)18-6-2-3-10(8-18)13(19)20/h7,9-10H,2-6,8H2,1H3,(H,19,20)(H,15,16,21). The molecule has 0 spiro atoms. The summed E-state index contributed by atoms with van der Waals surface area (Å²) in [4.78, 5) is 24.8. The lowest BCUT2D eigenvalue weighted by Gasteiger charge is -2.30. The predicted octanol–water partition coefficient (Wildman–Crippen LogP) is 1.63. The zero-order valence-corrected chi connectivity index (χ0v) is 12.1. The van der Waals surface area contributed by atoms with Gasteiger partial charge >= 0.3 is 12.0 Å². The summed E-state index contributed by atoms with van der Waals surface area (Å²) in [7, 11) is 1.88. The van der Waals surface area contributed by atoms with E-state index in [1.807, 2.05) is 17.8 Å². The minimum atomic E-state index is -0.832. The lowest BCUT2D eigenvalue weighted by molar-refractivity contribution is -0.143. The summed E-state index contributed by atoms with van der Waals surface area (Å²) in [6.45, 7) is 0.863. The number of hydrogen-bond donors (Lipinski definition) is 2. The number of aliphatic carboxylic acids is 1. The quantitative estimate of drug-likeness (QED) is 0.886. The van der Waals surface area contributed by atoms with Gasteiger partial charge in [0.2, 0.25) is 0 Å². The average molecular weight is 292 g/mol. The number of rotatable bonds is 3. The van der Waals surface area contributed by atoms with Gasteiger partial charge in [0.1, 0.15) is 0 Å². The van der Waals surface area contributed by atoms with E-state index in [2.05, 4.69) is 10.4 Å². The molecule has 0 bridgehead atoms. The van der Waals surface area contributed by atoms with Crippen LogP contribution >= 0.6 is 0 Å². The summed E-state index contributed by atoms with van der Waals surface area (Å²) in [6, 6.07) is 1.65. The Hall–Kier alpha value is -2.05. The van der Waals surface area contributed by atoms with Crippen LogP contribution in [0.2, 0.25) is 0 Å². The van der Waals surface area contributed by atoms with E-state index in [0.717, 1.165) is 12.1 Å². The van der Waals surface area contributed by atoms with E-state index < -0.39 is 11.9 Å². The van der Waals surface area contributed by atoms with Gasteiger partial charge in [-0.1, -0.05) is 0 Å². The number of likely N-dealkylation sites (tertiary alicyclic amines) is 1. The van der Waals surface area contributed by atoms with Gasteiger partial charge < -0.3 is 10.0 Å². The Morgan fingerprint density at radius 2 is 2.14 bits per heavy atom. The third-order valence-electron chi connectivity index (χ3n) is 4.20. The molecule has 1 atom stereocenters. The Bertz CT molecular complexity index is 565. The molecule has 21 heavy (non-hydrogen) atoms. The average Bonchev–Trinajstić information content (AvgIpc) is 3.23. The number of amides is 2. The molecule has 3 rings (SSSR count). The van der Waals surface area contributed by atoms with Crippen molar-refractivity contribution in [2.24, 2.45) is 13.0 Å². The van der Waals surface area contributed by atoms with Crippen molar-refractivity contribution in [2.45, 2.75) is 31.6 Å². The van der Waals surface area contributed by atoms with E-state index in [0.29, 0.717) is 24.7 Å². The van der Waals surface area contributed by atoms with Crippen LogP contribution in [0.1, 0.15) is 37.3 Å². The van der Waals surface area contributed by atoms with Gasteiger partial charge in [0, 0.05) is 37.8 Å². The van der Waals surface area contributed by atoms with Crippen LogP contribution < -0.4 is 5.32 Å². The molecular weight excluding hydrogens is 272 g/mol. The lowest BCUT2D eigenvalue weighted by atomic mass is 9.99. The molecule has 1 aliphatic carbocycles. The maximum Gasteiger partial charge on any atom is 0.323 e. The first-order valence-corrected chi connectivity index (χ1v) is 7.37. The van der Waals surface area contributed by atoms with Crippen LogP contribution in [-0.4, -0.2) is 44.9 Å². The molecule has 114 valence electrons.